The van der Waals surface area contributed by atoms with E-state index >= 15 is 0 Å². The molecule has 5 rings (SSSR count). The molecule has 1 amide bonds. The van der Waals surface area contributed by atoms with Crippen molar-refractivity contribution in [2.75, 3.05) is 0 Å². The summed E-state index contributed by atoms with van der Waals surface area (Å²) in [4.78, 5) is 24.7. The Bertz CT molecular complexity index is 1300. The van der Waals surface area contributed by atoms with Crippen LogP contribution in [0.3, 0.4) is 0 Å². The number of aryl methyl sites for hydroxylation is 2. The number of H-pyrrole nitrogens is 1. The molecule has 10 nitrogen and oxygen atoms in total. The van der Waals surface area contributed by atoms with E-state index in [1.165, 1.54) is 0 Å². The molecule has 4 heterocycles. The predicted molar refractivity (Wildman–Crippen MR) is 112 cm³/mol. The molecule has 0 fully saturated rings. The average molecular weight is 419 g/mol. The fourth-order valence-corrected chi connectivity index (χ4v) is 3.68. The van der Waals surface area contributed by atoms with Gasteiger partial charge in [-0.25, -0.2) is 0 Å². The third-order valence-electron chi connectivity index (χ3n) is 5.17. The normalized spacial score (nSPS) is 18.2. The maximum atomic E-state index is 12.5. The summed E-state index contributed by atoms with van der Waals surface area (Å²) in [6.07, 6.45) is 0. The second-order valence-corrected chi connectivity index (χ2v) is 7.64. The number of aromatic nitrogens is 4. The van der Waals surface area contributed by atoms with Gasteiger partial charge in [0.05, 0.1) is 18.6 Å². The number of amides is 1. The molecule has 2 atom stereocenters. The van der Waals surface area contributed by atoms with E-state index in [0.29, 0.717) is 29.0 Å². The molecule has 31 heavy (non-hydrogen) atoms. The van der Waals surface area contributed by atoms with Crippen molar-refractivity contribution in [2.24, 2.45) is 4.99 Å². The highest BCUT2D eigenvalue weighted by atomic mass is 16.5. The minimum Gasteiger partial charge on any atom is -0.361 e. The first-order valence-electron chi connectivity index (χ1n) is 9.94. The number of rotatable bonds is 5. The topological polar surface area (TPSA) is 134 Å². The summed E-state index contributed by atoms with van der Waals surface area (Å²) in [6, 6.07) is 9.61. The van der Waals surface area contributed by atoms with E-state index in [2.05, 4.69) is 42.0 Å². The summed E-state index contributed by atoms with van der Waals surface area (Å²) >= 11 is 0. The second kappa shape index (κ2) is 7.38. The minimum atomic E-state index is -0.272. The van der Waals surface area contributed by atoms with E-state index in [1.807, 2.05) is 25.1 Å². The molecule has 3 aromatic heterocycles. The number of benzene rings is 1. The number of carbonyl (C=O) groups excluding carboxylic acids is 1. The molecule has 3 N–H and O–H groups in total. The van der Waals surface area contributed by atoms with Gasteiger partial charge in [-0.3, -0.25) is 9.79 Å². The van der Waals surface area contributed by atoms with Crippen LogP contribution >= 0.6 is 0 Å². The van der Waals surface area contributed by atoms with Crippen LogP contribution in [-0.4, -0.2) is 38.1 Å². The van der Waals surface area contributed by atoms with E-state index in [0.717, 1.165) is 22.2 Å². The Morgan fingerprint density at radius 1 is 1.16 bits per heavy atom. The number of aromatic amines is 1. The fraction of sp³-hybridized carbons (Fsp3) is 0.286. The van der Waals surface area contributed by atoms with Crippen LogP contribution in [0.5, 0.6) is 0 Å². The smallest absolute Gasteiger partial charge is 0.286 e. The zero-order valence-corrected chi connectivity index (χ0v) is 17.3. The maximum Gasteiger partial charge on any atom is 0.286 e. The lowest BCUT2D eigenvalue weighted by Gasteiger charge is -2.14. The summed E-state index contributed by atoms with van der Waals surface area (Å²) in [7, 11) is 0. The largest absolute Gasteiger partial charge is 0.361 e. The van der Waals surface area contributed by atoms with Crippen molar-refractivity contribution in [2.45, 2.75) is 39.4 Å². The minimum absolute atomic E-state index is 0.0236. The Hall–Kier alpha value is -3.95. The lowest BCUT2D eigenvalue weighted by molar-refractivity contribution is -0.115. The maximum absolute atomic E-state index is 12.5. The number of hydrogen-bond acceptors (Lipinski definition) is 8. The molecular formula is C21H21N7O3. The Balaban J connectivity index is 1.34. The van der Waals surface area contributed by atoms with Gasteiger partial charge in [0.2, 0.25) is 0 Å². The Morgan fingerprint density at radius 3 is 2.77 bits per heavy atom. The third-order valence-corrected chi connectivity index (χ3v) is 5.17. The quantitative estimate of drug-likeness (QED) is 0.452. The van der Waals surface area contributed by atoms with Crippen molar-refractivity contribution in [3.63, 3.8) is 0 Å². The SMILES string of the molecule is Cc1noc(-c2cc3cc(C4N=C(C(=O)NCc5cc(C)on5)NC4C)ccc3[nH]2)n1. The Morgan fingerprint density at radius 2 is 2.03 bits per heavy atom. The van der Waals surface area contributed by atoms with Gasteiger partial charge in [-0.1, -0.05) is 16.4 Å². The summed E-state index contributed by atoms with van der Waals surface area (Å²) < 4.78 is 10.3. The molecule has 0 saturated carbocycles. The predicted octanol–water partition coefficient (Wildman–Crippen LogP) is 2.57. The lowest BCUT2D eigenvalue weighted by Crippen LogP contribution is -2.40. The highest BCUT2D eigenvalue weighted by Gasteiger charge is 2.30. The molecule has 0 saturated heterocycles. The summed E-state index contributed by atoms with van der Waals surface area (Å²) in [5.74, 6) is 1.77. The average Bonchev–Trinajstić information content (AvgIpc) is 3.52. The molecule has 1 aromatic carbocycles. The summed E-state index contributed by atoms with van der Waals surface area (Å²) in [5, 5.41) is 14.7. The number of nitrogens with one attached hydrogen (secondary N) is 3. The van der Waals surface area contributed by atoms with Gasteiger partial charge < -0.3 is 24.7 Å². The van der Waals surface area contributed by atoms with Crippen molar-refractivity contribution >= 4 is 22.6 Å². The molecule has 2 unspecified atom stereocenters. The molecule has 0 spiro atoms. The van der Waals surface area contributed by atoms with E-state index in [1.54, 1.807) is 19.9 Å². The van der Waals surface area contributed by atoms with Gasteiger partial charge in [-0.15, -0.1) is 0 Å². The molecule has 4 aromatic rings. The van der Waals surface area contributed by atoms with Gasteiger partial charge in [-0.2, -0.15) is 4.98 Å². The zero-order valence-electron chi connectivity index (χ0n) is 17.3. The number of nitrogens with zero attached hydrogens (tertiary/aromatic N) is 4. The van der Waals surface area contributed by atoms with Gasteiger partial charge in [0.1, 0.15) is 17.1 Å². The number of fused-ring (bicyclic) bond motifs is 1. The number of hydrogen-bond donors (Lipinski definition) is 3. The highest BCUT2D eigenvalue weighted by molar-refractivity contribution is 6.38. The van der Waals surface area contributed by atoms with Gasteiger partial charge in [0.15, 0.2) is 11.7 Å². The van der Waals surface area contributed by atoms with E-state index in [4.69, 9.17) is 9.05 Å². The zero-order chi connectivity index (χ0) is 21.5. The van der Waals surface area contributed by atoms with Crippen molar-refractivity contribution < 1.29 is 13.8 Å². The van der Waals surface area contributed by atoms with Crippen LogP contribution in [0.15, 0.2) is 44.4 Å². The second-order valence-electron chi connectivity index (χ2n) is 7.64. The number of amidine groups is 1. The third kappa shape index (κ3) is 3.67. The van der Waals surface area contributed by atoms with E-state index < -0.39 is 0 Å². The van der Waals surface area contributed by atoms with Gasteiger partial charge in [0, 0.05) is 17.0 Å². The van der Waals surface area contributed by atoms with Crippen LogP contribution < -0.4 is 10.6 Å². The Kier molecular flexibility index (Phi) is 4.54. The number of aliphatic imine (C=N–C) groups is 1. The van der Waals surface area contributed by atoms with Crippen LogP contribution in [-0.2, 0) is 11.3 Å². The van der Waals surface area contributed by atoms with Crippen LogP contribution in [0.2, 0.25) is 0 Å². The van der Waals surface area contributed by atoms with Crippen molar-refractivity contribution in [3.8, 4) is 11.6 Å². The van der Waals surface area contributed by atoms with Crippen LogP contribution in [0.25, 0.3) is 22.5 Å². The lowest BCUT2D eigenvalue weighted by atomic mass is 10.0. The van der Waals surface area contributed by atoms with Gasteiger partial charge in [0.25, 0.3) is 11.8 Å². The van der Waals surface area contributed by atoms with Crippen LogP contribution in [0.4, 0.5) is 0 Å². The first-order chi connectivity index (χ1) is 15.0. The molecule has 1 aliphatic rings. The Labute approximate surface area is 177 Å². The standard InChI is InChI=1S/C21H21N7O3/c1-10-6-15(28-30-10)9-22-20(29)19-23-11(2)18(26-19)13-4-5-16-14(7-13)8-17(25-16)21-24-12(3)27-31-21/h4-8,11,18,25H,9H2,1-3H3,(H,22,29)(H,23,26). The molecule has 10 heteroatoms. The summed E-state index contributed by atoms with van der Waals surface area (Å²) in [5.41, 5.74) is 3.39. The molecular weight excluding hydrogens is 398 g/mol. The van der Waals surface area contributed by atoms with Crippen LogP contribution in [0, 0.1) is 13.8 Å². The van der Waals surface area contributed by atoms with Crippen molar-refractivity contribution in [1.82, 2.24) is 30.9 Å². The van der Waals surface area contributed by atoms with Gasteiger partial charge >= 0.3 is 0 Å². The van der Waals surface area contributed by atoms with E-state index in [9.17, 15) is 4.79 Å². The van der Waals surface area contributed by atoms with Crippen LogP contribution in [0.1, 0.15) is 35.8 Å². The monoisotopic (exact) mass is 419 g/mol. The van der Waals surface area contributed by atoms with Crippen molar-refractivity contribution in [3.05, 3.63) is 53.2 Å². The first kappa shape index (κ1) is 19.0. The fourth-order valence-electron chi connectivity index (χ4n) is 3.68. The first-order valence-corrected chi connectivity index (χ1v) is 9.94. The highest BCUT2D eigenvalue weighted by Crippen LogP contribution is 2.30. The molecule has 0 bridgehead atoms. The summed E-state index contributed by atoms with van der Waals surface area (Å²) in [6.45, 7) is 5.87. The molecule has 1 aliphatic heterocycles. The number of carbonyl (C=O) groups is 1. The molecule has 0 aliphatic carbocycles. The van der Waals surface area contributed by atoms with E-state index in [-0.39, 0.29) is 24.5 Å². The van der Waals surface area contributed by atoms with Gasteiger partial charge in [-0.05, 0) is 44.5 Å². The van der Waals surface area contributed by atoms with Crippen molar-refractivity contribution in [1.29, 1.82) is 0 Å². The molecule has 158 valence electrons. The molecule has 0 radical (unpaired) electrons.